The van der Waals surface area contributed by atoms with E-state index in [9.17, 15) is 14.9 Å². The highest BCUT2D eigenvalue weighted by molar-refractivity contribution is 7.99. The Morgan fingerprint density at radius 3 is 2.56 bits per heavy atom. The molecular formula is C21H23N7O5S. The highest BCUT2D eigenvalue weighted by atomic mass is 32.2. The van der Waals surface area contributed by atoms with Crippen LogP contribution in [0.25, 0.3) is 5.69 Å². The third kappa shape index (κ3) is 4.88. The molecule has 0 aliphatic carbocycles. The van der Waals surface area contributed by atoms with Gasteiger partial charge in [-0.1, -0.05) is 23.9 Å². The average molecular weight is 486 g/mol. The minimum absolute atomic E-state index is 0.0561. The summed E-state index contributed by atoms with van der Waals surface area (Å²) in [4.78, 5) is 27.5. The van der Waals surface area contributed by atoms with Gasteiger partial charge in [0.25, 0.3) is 5.69 Å². The number of benzene rings is 2. The zero-order valence-corrected chi connectivity index (χ0v) is 19.5. The third-order valence-corrected chi connectivity index (χ3v) is 6.34. The lowest BCUT2D eigenvalue weighted by Crippen LogP contribution is -2.49. The molecule has 2 aromatic carbocycles. The molecule has 178 valence electrons. The number of aromatic nitrogens is 4. The third-order valence-electron chi connectivity index (χ3n) is 5.43. The summed E-state index contributed by atoms with van der Waals surface area (Å²) >= 11 is 1.22. The number of amides is 1. The number of anilines is 1. The molecule has 1 aliphatic rings. The number of carbonyl (C=O) groups excluding carboxylic acids is 1. The van der Waals surface area contributed by atoms with Crippen molar-refractivity contribution >= 4 is 29.0 Å². The van der Waals surface area contributed by atoms with Gasteiger partial charge >= 0.3 is 0 Å². The second-order valence-electron chi connectivity index (χ2n) is 7.31. The number of para-hydroxylation sites is 2. The summed E-state index contributed by atoms with van der Waals surface area (Å²) in [5.74, 6) is 1.28. The molecule has 4 rings (SSSR count). The van der Waals surface area contributed by atoms with Crippen molar-refractivity contribution in [3.63, 3.8) is 0 Å². The van der Waals surface area contributed by atoms with E-state index in [0.717, 1.165) is 0 Å². The first-order chi connectivity index (χ1) is 16.5. The van der Waals surface area contributed by atoms with Crippen LogP contribution in [-0.4, -0.2) is 82.1 Å². The van der Waals surface area contributed by atoms with Crippen LogP contribution < -0.4 is 14.4 Å². The smallest absolute Gasteiger partial charge is 0.292 e. The lowest BCUT2D eigenvalue weighted by Gasteiger charge is -2.35. The molecule has 1 saturated heterocycles. The van der Waals surface area contributed by atoms with Gasteiger partial charge in [0.15, 0.2) is 0 Å². The molecule has 0 atom stereocenters. The Balaban J connectivity index is 1.39. The van der Waals surface area contributed by atoms with Gasteiger partial charge in [0.05, 0.1) is 24.9 Å². The van der Waals surface area contributed by atoms with Crippen LogP contribution in [0.4, 0.5) is 11.4 Å². The second-order valence-corrected chi connectivity index (χ2v) is 8.26. The summed E-state index contributed by atoms with van der Waals surface area (Å²) in [6.45, 7) is 1.97. The molecule has 0 unspecified atom stereocenters. The quantitative estimate of drug-likeness (QED) is 0.265. The zero-order valence-electron chi connectivity index (χ0n) is 18.7. The lowest BCUT2D eigenvalue weighted by atomic mass is 10.2. The maximum atomic E-state index is 12.8. The molecule has 1 aliphatic heterocycles. The van der Waals surface area contributed by atoms with E-state index in [-0.39, 0.29) is 22.3 Å². The highest BCUT2D eigenvalue weighted by Crippen LogP contribution is 2.30. The molecule has 1 amide bonds. The minimum atomic E-state index is -0.384. The molecule has 0 N–H and O–H groups in total. The SMILES string of the molecule is COc1ccc(OC)c(-n2nnnc2SCC(=O)N2CCN(c3ccccc3[N+](=O)[O-])CC2)c1. The number of rotatable bonds is 8. The summed E-state index contributed by atoms with van der Waals surface area (Å²) in [5, 5.41) is 23.6. The number of carbonyl (C=O) groups is 1. The monoisotopic (exact) mass is 485 g/mol. The van der Waals surface area contributed by atoms with Gasteiger partial charge in [0, 0.05) is 38.3 Å². The van der Waals surface area contributed by atoms with Crippen molar-refractivity contribution in [3.05, 3.63) is 52.6 Å². The van der Waals surface area contributed by atoms with E-state index < -0.39 is 0 Å². The van der Waals surface area contributed by atoms with Crippen molar-refractivity contribution in [2.24, 2.45) is 0 Å². The van der Waals surface area contributed by atoms with E-state index in [1.54, 1.807) is 55.5 Å². The molecule has 0 spiro atoms. The van der Waals surface area contributed by atoms with E-state index >= 15 is 0 Å². The van der Waals surface area contributed by atoms with Crippen molar-refractivity contribution in [1.29, 1.82) is 0 Å². The zero-order chi connectivity index (χ0) is 24.1. The average Bonchev–Trinajstić information content (AvgIpc) is 3.35. The molecule has 2 heterocycles. The summed E-state index contributed by atoms with van der Waals surface area (Å²) in [7, 11) is 3.12. The number of hydrogen-bond donors (Lipinski definition) is 0. The molecule has 13 heteroatoms. The Kier molecular flexibility index (Phi) is 7.11. The number of nitrogens with zero attached hydrogens (tertiary/aromatic N) is 7. The second kappa shape index (κ2) is 10.4. The normalized spacial score (nSPS) is 13.6. The number of nitro benzene ring substituents is 1. The summed E-state index contributed by atoms with van der Waals surface area (Å²) < 4.78 is 12.2. The standard InChI is InChI=1S/C21H23N7O5S/c1-32-15-7-8-19(33-2)18(13-15)27-21(22-23-24-27)34-14-20(29)26-11-9-25(10-12-26)16-5-3-4-6-17(16)28(30)31/h3-8,13H,9-12,14H2,1-2H3. The van der Waals surface area contributed by atoms with Gasteiger partial charge in [-0.25, -0.2) is 0 Å². The number of thioether (sulfide) groups is 1. The van der Waals surface area contributed by atoms with Crippen LogP contribution in [0.3, 0.4) is 0 Å². The molecule has 1 aromatic heterocycles. The van der Waals surface area contributed by atoms with Crippen LogP contribution in [0.2, 0.25) is 0 Å². The Labute approximate surface area is 199 Å². The maximum Gasteiger partial charge on any atom is 0.292 e. The Morgan fingerprint density at radius 1 is 1.09 bits per heavy atom. The van der Waals surface area contributed by atoms with Crippen LogP contribution in [0.5, 0.6) is 11.5 Å². The largest absolute Gasteiger partial charge is 0.497 e. The van der Waals surface area contributed by atoms with E-state index in [4.69, 9.17) is 9.47 Å². The van der Waals surface area contributed by atoms with Gasteiger partial charge in [-0.05, 0) is 28.6 Å². The summed E-state index contributed by atoms with van der Waals surface area (Å²) in [6.07, 6.45) is 0. The fraction of sp³-hybridized carbons (Fsp3) is 0.333. The van der Waals surface area contributed by atoms with E-state index in [2.05, 4.69) is 15.5 Å². The number of hydrogen-bond acceptors (Lipinski definition) is 10. The van der Waals surface area contributed by atoms with Gasteiger partial charge < -0.3 is 19.3 Å². The Morgan fingerprint density at radius 2 is 1.85 bits per heavy atom. The molecule has 12 nitrogen and oxygen atoms in total. The van der Waals surface area contributed by atoms with Crippen molar-refractivity contribution < 1.29 is 19.2 Å². The van der Waals surface area contributed by atoms with Gasteiger partial charge in [0.2, 0.25) is 11.1 Å². The number of tetrazole rings is 1. The lowest BCUT2D eigenvalue weighted by molar-refractivity contribution is -0.384. The molecule has 0 radical (unpaired) electrons. The van der Waals surface area contributed by atoms with Gasteiger partial charge in [-0.3, -0.25) is 14.9 Å². The predicted octanol–water partition coefficient (Wildman–Crippen LogP) is 2.03. The van der Waals surface area contributed by atoms with Crippen LogP contribution in [0.15, 0.2) is 47.6 Å². The predicted molar refractivity (Wildman–Crippen MR) is 125 cm³/mol. The number of methoxy groups -OCH3 is 2. The number of piperazine rings is 1. The number of nitro groups is 1. The van der Waals surface area contributed by atoms with Crippen molar-refractivity contribution in [2.75, 3.05) is 51.1 Å². The first-order valence-electron chi connectivity index (χ1n) is 10.4. The van der Waals surface area contributed by atoms with E-state index in [0.29, 0.717) is 54.2 Å². The fourth-order valence-corrected chi connectivity index (χ4v) is 4.47. The molecule has 0 bridgehead atoms. The van der Waals surface area contributed by atoms with Gasteiger partial charge in [-0.2, -0.15) is 4.68 Å². The van der Waals surface area contributed by atoms with Crippen LogP contribution in [0, 0.1) is 10.1 Å². The topological polar surface area (TPSA) is 129 Å². The molecule has 1 fully saturated rings. The molecular weight excluding hydrogens is 462 g/mol. The maximum absolute atomic E-state index is 12.8. The number of ether oxygens (including phenoxy) is 2. The highest BCUT2D eigenvalue weighted by Gasteiger charge is 2.26. The van der Waals surface area contributed by atoms with Gasteiger partial charge in [0.1, 0.15) is 22.9 Å². The van der Waals surface area contributed by atoms with E-state index in [1.807, 2.05) is 4.90 Å². The van der Waals surface area contributed by atoms with Crippen molar-refractivity contribution in [2.45, 2.75) is 5.16 Å². The van der Waals surface area contributed by atoms with Crippen LogP contribution in [0.1, 0.15) is 0 Å². The van der Waals surface area contributed by atoms with E-state index in [1.165, 1.54) is 22.5 Å². The first-order valence-corrected chi connectivity index (χ1v) is 11.4. The summed E-state index contributed by atoms with van der Waals surface area (Å²) in [5.41, 5.74) is 1.23. The Hall–Kier alpha value is -3.87. The van der Waals surface area contributed by atoms with Gasteiger partial charge in [-0.15, -0.1) is 5.10 Å². The van der Waals surface area contributed by atoms with Crippen molar-refractivity contribution in [1.82, 2.24) is 25.1 Å². The van der Waals surface area contributed by atoms with Crippen LogP contribution >= 0.6 is 11.8 Å². The molecule has 0 saturated carbocycles. The van der Waals surface area contributed by atoms with Crippen LogP contribution in [-0.2, 0) is 4.79 Å². The van der Waals surface area contributed by atoms with Crippen molar-refractivity contribution in [3.8, 4) is 17.2 Å². The minimum Gasteiger partial charge on any atom is -0.497 e. The molecule has 34 heavy (non-hydrogen) atoms. The first kappa shape index (κ1) is 23.3. The summed E-state index contributed by atoms with van der Waals surface area (Å²) in [6, 6.07) is 11.9. The molecule has 3 aromatic rings. The fourth-order valence-electron chi connectivity index (χ4n) is 3.68. The Bertz CT molecular complexity index is 1180.